The molecule has 6 heteroatoms. The number of amides is 2. The number of furan rings is 1. The van der Waals surface area contributed by atoms with Gasteiger partial charge in [-0.1, -0.05) is 11.6 Å². The summed E-state index contributed by atoms with van der Waals surface area (Å²) >= 11 is 5.90. The monoisotopic (exact) mass is 314 g/mol. The van der Waals surface area contributed by atoms with Crippen molar-refractivity contribution in [2.45, 2.75) is 0 Å². The minimum atomic E-state index is -0.521. The van der Waals surface area contributed by atoms with E-state index in [1.807, 2.05) is 0 Å². The molecule has 0 aliphatic rings. The first kappa shape index (κ1) is 14.2. The summed E-state index contributed by atoms with van der Waals surface area (Å²) in [5.41, 5.74) is 6.65. The van der Waals surface area contributed by atoms with Gasteiger partial charge in [0.15, 0.2) is 5.76 Å². The Bertz CT molecular complexity index is 869. The maximum atomic E-state index is 12.2. The van der Waals surface area contributed by atoms with Crippen molar-refractivity contribution in [1.29, 1.82) is 0 Å². The summed E-state index contributed by atoms with van der Waals surface area (Å²) in [4.78, 5) is 23.1. The third-order valence-corrected chi connectivity index (χ3v) is 3.36. The number of anilines is 1. The fourth-order valence-electron chi connectivity index (χ4n) is 2.04. The van der Waals surface area contributed by atoms with Crippen LogP contribution in [0.15, 0.2) is 52.9 Å². The molecule has 3 N–H and O–H groups in total. The highest BCUT2D eigenvalue weighted by atomic mass is 35.5. The Kier molecular flexibility index (Phi) is 3.56. The summed E-state index contributed by atoms with van der Waals surface area (Å²) in [6.45, 7) is 0. The van der Waals surface area contributed by atoms with E-state index in [1.165, 1.54) is 12.1 Å². The van der Waals surface area contributed by atoms with Crippen LogP contribution >= 0.6 is 11.6 Å². The number of carbonyl (C=O) groups is 2. The van der Waals surface area contributed by atoms with Crippen LogP contribution in [0, 0.1) is 0 Å². The molecule has 5 nitrogen and oxygen atoms in total. The van der Waals surface area contributed by atoms with E-state index >= 15 is 0 Å². The van der Waals surface area contributed by atoms with Gasteiger partial charge in [-0.3, -0.25) is 9.59 Å². The van der Waals surface area contributed by atoms with Crippen LogP contribution in [0.25, 0.3) is 11.0 Å². The van der Waals surface area contributed by atoms with Gasteiger partial charge in [-0.15, -0.1) is 0 Å². The van der Waals surface area contributed by atoms with Crippen molar-refractivity contribution in [2.24, 2.45) is 5.73 Å². The Balaban J connectivity index is 1.81. The van der Waals surface area contributed by atoms with E-state index in [0.29, 0.717) is 21.9 Å². The molecular formula is C16H11ClN2O3. The largest absolute Gasteiger partial charge is 0.451 e. The number of carbonyl (C=O) groups excluding carboxylic acids is 2. The SMILES string of the molecule is NC(=O)c1ccc(NC(=O)c2cc3cc(Cl)ccc3o2)cc1. The zero-order valence-corrected chi connectivity index (χ0v) is 12.1. The molecule has 0 saturated carbocycles. The number of hydrogen-bond acceptors (Lipinski definition) is 3. The maximum absolute atomic E-state index is 12.2. The Morgan fingerprint density at radius 2 is 1.77 bits per heavy atom. The van der Waals surface area contributed by atoms with Crippen molar-refractivity contribution >= 4 is 40.1 Å². The number of primary amides is 1. The molecule has 2 amide bonds. The third-order valence-electron chi connectivity index (χ3n) is 3.13. The molecule has 0 saturated heterocycles. The first-order chi connectivity index (χ1) is 10.5. The van der Waals surface area contributed by atoms with Gasteiger partial charge in [0.1, 0.15) is 5.58 Å². The standard InChI is InChI=1S/C16H11ClN2O3/c17-11-3-6-13-10(7-11)8-14(22-13)16(21)19-12-4-1-9(2-5-12)15(18)20/h1-8H,(H2,18,20)(H,19,21). The third kappa shape index (κ3) is 2.80. The second-order valence-electron chi connectivity index (χ2n) is 4.69. The molecule has 0 radical (unpaired) electrons. The number of fused-ring (bicyclic) bond motifs is 1. The average molecular weight is 315 g/mol. The van der Waals surface area contributed by atoms with Crippen molar-refractivity contribution in [3.05, 3.63) is 64.9 Å². The van der Waals surface area contributed by atoms with E-state index < -0.39 is 5.91 Å². The number of halogens is 1. The molecule has 0 aliphatic carbocycles. The van der Waals surface area contributed by atoms with Gasteiger partial charge in [-0.25, -0.2) is 0 Å². The van der Waals surface area contributed by atoms with Crippen LogP contribution in [-0.2, 0) is 0 Å². The van der Waals surface area contributed by atoms with Crippen LogP contribution in [0.5, 0.6) is 0 Å². The lowest BCUT2D eigenvalue weighted by Gasteiger charge is -2.03. The number of nitrogens with two attached hydrogens (primary N) is 1. The molecule has 110 valence electrons. The minimum absolute atomic E-state index is 0.177. The van der Waals surface area contributed by atoms with E-state index in [4.69, 9.17) is 21.8 Å². The highest BCUT2D eigenvalue weighted by molar-refractivity contribution is 6.31. The van der Waals surface area contributed by atoms with Gasteiger partial charge < -0.3 is 15.5 Å². The van der Waals surface area contributed by atoms with E-state index in [-0.39, 0.29) is 11.7 Å². The summed E-state index contributed by atoms with van der Waals surface area (Å²) in [6.07, 6.45) is 0. The van der Waals surface area contributed by atoms with Gasteiger partial charge in [-0.2, -0.15) is 0 Å². The van der Waals surface area contributed by atoms with Crippen LogP contribution in [0.3, 0.4) is 0 Å². The van der Waals surface area contributed by atoms with E-state index in [1.54, 1.807) is 36.4 Å². The van der Waals surface area contributed by atoms with Gasteiger partial charge in [-0.05, 0) is 48.5 Å². The fraction of sp³-hybridized carbons (Fsp3) is 0. The molecule has 0 atom stereocenters. The quantitative estimate of drug-likeness (QED) is 0.776. The summed E-state index contributed by atoms with van der Waals surface area (Å²) in [6, 6.07) is 13.0. The Labute approximate surface area is 130 Å². The van der Waals surface area contributed by atoms with E-state index in [2.05, 4.69) is 5.32 Å². The van der Waals surface area contributed by atoms with Crippen LogP contribution in [0.4, 0.5) is 5.69 Å². The molecule has 2 aromatic carbocycles. The molecule has 1 heterocycles. The predicted molar refractivity (Wildman–Crippen MR) is 84.1 cm³/mol. The van der Waals surface area contributed by atoms with Crippen LogP contribution in [-0.4, -0.2) is 11.8 Å². The lowest BCUT2D eigenvalue weighted by Crippen LogP contribution is -2.12. The molecule has 0 spiro atoms. The van der Waals surface area contributed by atoms with Crippen molar-refractivity contribution in [3.63, 3.8) is 0 Å². The van der Waals surface area contributed by atoms with E-state index in [0.717, 1.165) is 5.39 Å². The second kappa shape index (κ2) is 5.54. The second-order valence-corrected chi connectivity index (χ2v) is 5.12. The first-order valence-electron chi connectivity index (χ1n) is 6.43. The highest BCUT2D eigenvalue weighted by Gasteiger charge is 2.13. The van der Waals surface area contributed by atoms with Crippen LogP contribution < -0.4 is 11.1 Å². The topological polar surface area (TPSA) is 85.3 Å². The lowest BCUT2D eigenvalue weighted by molar-refractivity contribution is 0.0992. The first-order valence-corrected chi connectivity index (χ1v) is 6.81. The van der Waals surface area contributed by atoms with Crippen molar-refractivity contribution in [1.82, 2.24) is 0 Å². The highest BCUT2D eigenvalue weighted by Crippen LogP contribution is 2.23. The zero-order valence-electron chi connectivity index (χ0n) is 11.3. The molecule has 3 rings (SSSR count). The van der Waals surface area contributed by atoms with Crippen molar-refractivity contribution in [2.75, 3.05) is 5.32 Å². The molecule has 0 aliphatic heterocycles. The molecule has 3 aromatic rings. The molecule has 0 bridgehead atoms. The maximum Gasteiger partial charge on any atom is 0.291 e. The number of benzene rings is 2. The molecule has 22 heavy (non-hydrogen) atoms. The normalized spacial score (nSPS) is 10.6. The van der Waals surface area contributed by atoms with E-state index in [9.17, 15) is 9.59 Å². The van der Waals surface area contributed by atoms with Crippen LogP contribution in [0.1, 0.15) is 20.9 Å². The molecule has 1 aromatic heterocycles. The average Bonchev–Trinajstić information content (AvgIpc) is 2.91. The molecular weight excluding hydrogens is 304 g/mol. The van der Waals surface area contributed by atoms with Gasteiger partial charge >= 0.3 is 0 Å². The Morgan fingerprint density at radius 1 is 1.05 bits per heavy atom. The Hall–Kier alpha value is -2.79. The van der Waals surface area contributed by atoms with Crippen LogP contribution in [0.2, 0.25) is 5.02 Å². The summed E-state index contributed by atoms with van der Waals surface area (Å²) in [7, 11) is 0. The summed E-state index contributed by atoms with van der Waals surface area (Å²) in [5, 5.41) is 4.01. The molecule has 0 fully saturated rings. The smallest absolute Gasteiger partial charge is 0.291 e. The van der Waals surface area contributed by atoms with Gasteiger partial charge in [0.05, 0.1) is 0 Å². The fourth-order valence-corrected chi connectivity index (χ4v) is 2.22. The van der Waals surface area contributed by atoms with Gasteiger partial charge in [0, 0.05) is 21.7 Å². The van der Waals surface area contributed by atoms with Gasteiger partial charge in [0.2, 0.25) is 5.91 Å². The Morgan fingerprint density at radius 3 is 2.45 bits per heavy atom. The molecule has 0 unspecified atom stereocenters. The van der Waals surface area contributed by atoms with Crippen molar-refractivity contribution in [3.8, 4) is 0 Å². The zero-order chi connectivity index (χ0) is 15.7. The number of hydrogen-bond donors (Lipinski definition) is 2. The predicted octanol–water partition coefficient (Wildman–Crippen LogP) is 3.44. The minimum Gasteiger partial charge on any atom is -0.451 e. The lowest BCUT2D eigenvalue weighted by atomic mass is 10.2. The summed E-state index contributed by atoms with van der Waals surface area (Å²) < 4.78 is 5.47. The summed E-state index contributed by atoms with van der Waals surface area (Å²) in [5.74, 6) is -0.734. The number of rotatable bonds is 3. The van der Waals surface area contributed by atoms with Crippen molar-refractivity contribution < 1.29 is 14.0 Å². The van der Waals surface area contributed by atoms with Gasteiger partial charge in [0.25, 0.3) is 5.91 Å². The number of nitrogens with one attached hydrogen (secondary N) is 1.